The van der Waals surface area contributed by atoms with E-state index < -0.39 is 0 Å². The van der Waals surface area contributed by atoms with Gasteiger partial charge in [0.2, 0.25) is 0 Å². The number of carbonyl (C=O) groups excluding carboxylic acids is 1. The number of rotatable bonds is 6. The fraction of sp³-hybridized carbons (Fsp3) is 0.381. The van der Waals surface area contributed by atoms with Crippen LogP contribution in [0.2, 0.25) is 0 Å². The minimum atomic E-state index is -0.288. The van der Waals surface area contributed by atoms with Crippen molar-refractivity contribution in [3.8, 4) is 11.1 Å². The van der Waals surface area contributed by atoms with E-state index in [1.54, 1.807) is 0 Å². The van der Waals surface area contributed by atoms with E-state index in [1.807, 2.05) is 38.1 Å². The van der Waals surface area contributed by atoms with E-state index in [0.29, 0.717) is 0 Å². The molecule has 0 amide bonds. The number of aryl methyl sites for hydroxylation is 1. The van der Waals surface area contributed by atoms with Crippen molar-refractivity contribution >= 4 is 5.78 Å². The molecule has 22 heavy (non-hydrogen) atoms. The van der Waals surface area contributed by atoms with Gasteiger partial charge >= 0.3 is 0 Å². The van der Waals surface area contributed by atoms with Crippen molar-refractivity contribution < 1.29 is 4.79 Å². The van der Waals surface area contributed by atoms with Crippen molar-refractivity contribution in [2.24, 2.45) is 5.41 Å². The van der Waals surface area contributed by atoms with E-state index in [1.165, 1.54) is 17.5 Å². The Bertz CT molecular complexity index is 618. The number of carbonyl (C=O) groups is 1. The maximum Gasteiger partial charge on any atom is 0.168 e. The molecule has 2 aromatic rings. The van der Waals surface area contributed by atoms with Crippen molar-refractivity contribution in [2.45, 2.75) is 47.0 Å². The molecule has 0 spiro atoms. The van der Waals surface area contributed by atoms with Gasteiger partial charge in [0.25, 0.3) is 0 Å². The van der Waals surface area contributed by atoms with Gasteiger partial charge in [0.15, 0.2) is 5.78 Å². The first kappa shape index (κ1) is 16.5. The second-order valence-corrected chi connectivity index (χ2v) is 6.59. The van der Waals surface area contributed by atoms with Crippen LogP contribution in [0.5, 0.6) is 0 Å². The molecule has 0 unspecified atom stereocenters. The summed E-state index contributed by atoms with van der Waals surface area (Å²) in [5.41, 5.74) is 4.26. The van der Waals surface area contributed by atoms with Crippen LogP contribution in [0, 0.1) is 5.41 Å². The Morgan fingerprint density at radius 1 is 0.864 bits per heavy atom. The van der Waals surface area contributed by atoms with E-state index in [-0.39, 0.29) is 11.2 Å². The summed E-state index contributed by atoms with van der Waals surface area (Å²) in [5, 5.41) is 0. The largest absolute Gasteiger partial charge is 0.294 e. The summed E-state index contributed by atoms with van der Waals surface area (Å²) in [6.45, 7) is 8.27. The smallest absolute Gasteiger partial charge is 0.168 e. The molecule has 0 bridgehead atoms. The lowest BCUT2D eigenvalue weighted by Gasteiger charge is -2.20. The highest BCUT2D eigenvalue weighted by Gasteiger charge is 2.26. The summed E-state index contributed by atoms with van der Waals surface area (Å²) in [5.74, 6) is 0.222. The monoisotopic (exact) mass is 294 g/mol. The molecule has 0 N–H and O–H groups in total. The fourth-order valence-corrected chi connectivity index (χ4v) is 2.52. The van der Waals surface area contributed by atoms with Gasteiger partial charge in [-0.25, -0.2) is 0 Å². The molecule has 0 atom stereocenters. The van der Waals surface area contributed by atoms with Crippen LogP contribution in [0.1, 0.15) is 56.5 Å². The molecule has 0 heterocycles. The Morgan fingerprint density at radius 2 is 1.36 bits per heavy atom. The molecule has 0 saturated heterocycles. The summed E-state index contributed by atoms with van der Waals surface area (Å²) < 4.78 is 0. The van der Waals surface area contributed by atoms with Gasteiger partial charge in [0.1, 0.15) is 0 Å². The Kier molecular flexibility index (Phi) is 5.18. The van der Waals surface area contributed by atoms with Gasteiger partial charge in [-0.15, -0.1) is 0 Å². The summed E-state index contributed by atoms with van der Waals surface area (Å²) in [6, 6.07) is 16.7. The Hall–Kier alpha value is -1.89. The SMILES string of the molecule is CCCc1ccc(-c2ccc(C(=O)C(C)(C)CC)cc2)cc1. The van der Waals surface area contributed by atoms with E-state index >= 15 is 0 Å². The van der Waals surface area contributed by atoms with Crippen molar-refractivity contribution in [1.82, 2.24) is 0 Å². The van der Waals surface area contributed by atoms with Crippen molar-refractivity contribution in [2.75, 3.05) is 0 Å². The van der Waals surface area contributed by atoms with Crippen LogP contribution in [-0.4, -0.2) is 5.78 Å². The normalized spacial score (nSPS) is 11.5. The summed E-state index contributed by atoms with van der Waals surface area (Å²) in [4.78, 5) is 12.5. The minimum Gasteiger partial charge on any atom is -0.294 e. The highest BCUT2D eigenvalue weighted by molar-refractivity contribution is 6.00. The highest BCUT2D eigenvalue weighted by Crippen LogP contribution is 2.27. The molecule has 1 heteroatoms. The van der Waals surface area contributed by atoms with Crippen LogP contribution in [0.15, 0.2) is 48.5 Å². The van der Waals surface area contributed by atoms with E-state index in [4.69, 9.17) is 0 Å². The van der Waals surface area contributed by atoms with Crippen LogP contribution >= 0.6 is 0 Å². The third-order valence-corrected chi connectivity index (χ3v) is 4.47. The zero-order chi connectivity index (χ0) is 16.2. The lowest BCUT2D eigenvalue weighted by atomic mass is 9.82. The van der Waals surface area contributed by atoms with Gasteiger partial charge in [-0.1, -0.05) is 82.6 Å². The van der Waals surface area contributed by atoms with E-state index in [9.17, 15) is 4.79 Å². The molecule has 1 nitrogen and oxygen atoms in total. The zero-order valence-corrected chi connectivity index (χ0v) is 14.1. The number of ketones is 1. The number of hydrogen-bond donors (Lipinski definition) is 0. The molecule has 0 aliphatic rings. The molecule has 2 rings (SSSR count). The summed E-state index contributed by atoms with van der Waals surface area (Å²) in [6.07, 6.45) is 3.15. The first-order valence-electron chi connectivity index (χ1n) is 8.22. The topological polar surface area (TPSA) is 17.1 Å². The number of Topliss-reactive ketones (excluding diaryl/α,β-unsaturated/α-hetero) is 1. The molecular formula is C21H26O. The third kappa shape index (κ3) is 3.65. The predicted molar refractivity (Wildman–Crippen MR) is 94.3 cm³/mol. The van der Waals surface area contributed by atoms with Gasteiger partial charge < -0.3 is 0 Å². The quantitative estimate of drug-likeness (QED) is 0.604. The van der Waals surface area contributed by atoms with Gasteiger partial charge in [-0.3, -0.25) is 4.79 Å². The maximum atomic E-state index is 12.5. The van der Waals surface area contributed by atoms with Crippen molar-refractivity contribution in [3.63, 3.8) is 0 Å². The molecule has 0 aromatic heterocycles. The molecule has 2 aromatic carbocycles. The lowest BCUT2D eigenvalue weighted by molar-refractivity contribution is 0.0833. The second kappa shape index (κ2) is 6.91. The van der Waals surface area contributed by atoms with Crippen molar-refractivity contribution in [3.05, 3.63) is 59.7 Å². The zero-order valence-electron chi connectivity index (χ0n) is 14.1. The predicted octanol–water partition coefficient (Wildman–Crippen LogP) is 5.93. The first-order valence-corrected chi connectivity index (χ1v) is 8.22. The van der Waals surface area contributed by atoms with Gasteiger partial charge in [-0.05, 0) is 29.5 Å². The number of benzene rings is 2. The average Bonchev–Trinajstić information content (AvgIpc) is 2.55. The van der Waals surface area contributed by atoms with E-state index in [2.05, 4.69) is 38.1 Å². The third-order valence-electron chi connectivity index (χ3n) is 4.47. The first-order chi connectivity index (χ1) is 10.5. The average molecular weight is 294 g/mol. The maximum absolute atomic E-state index is 12.5. The molecule has 0 aliphatic carbocycles. The Morgan fingerprint density at radius 3 is 1.82 bits per heavy atom. The van der Waals surface area contributed by atoms with E-state index in [0.717, 1.165) is 24.0 Å². The minimum absolute atomic E-state index is 0.222. The summed E-state index contributed by atoms with van der Waals surface area (Å²) >= 11 is 0. The van der Waals surface area contributed by atoms with Crippen LogP contribution in [-0.2, 0) is 6.42 Å². The fourth-order valence-electron chi connectivity index (χ4n) is 2.52. The van der Waals surface area contributed by atoms with Crippen LogP contribution < -0.4 is 0 Å². The van der Waals surface area contributed by atoms with Crippen LogP contribution in [0.25, 0.3) is 11.1 Å². The molecular weight excluding hydrogens is 268 g/mol. The molecule has 116 valence electrons. The second-order valence-electron chi connectivity index (χ2n) is 6.59. The van der Waals surface area contributed by atoms with Crippen molar-refractivity contribution in [1.29, 1.82) is 0 Å². The van der Waals surface area contributed by atoms with Crippen LogP contribution in [0.4, 0.5) is 0 Å². The Labute approximate surface area is 134 Å². The number of hydrogen-bond acceptors (Lipinski definition) is 1. The highest BCUT2D eigenvalue weighted by atomic mass is 16.1. The standard InChI is InChI=1S/C21H26O/c1-5-7-16-8-10-17(11-9-16)18-12-14-19(15-13-18)20(22)21(3,4)6-2/h8-15H,5-7H2,1-4H3. The summed E-state index contributed by atoms with van der Waals surface area (Å²) in [7, 11) is 0. The molecule has 0 fully saturated rings. The Balaban J connectivity index is 2.20. The lowest BCUT2D eigenvalue weighted by Crippen LogP contribution is -2.23. The van der Waals surface area contributed by atoms with Crippen LogP contribution in [0.3, 0.4) is 0 Å². The van der Waals surface area contributed by atoms with Gasteiger partial charge in [-0.2, -0.15) is 0 Å². The molecule has 0 saturated carbocycles. The molecule has 0 radical (unpaired) electrons. The van der Waals surface area contributed by atoms with Gasteiger partial charge in [0, 0.05) is 11.0 Å². The molecule has 0 aliphatic heterocycles. The van der Waals surface area contributed by atoms with Gasteiger partial charge in [0.05, 0.1) is 0 Å².